The fourth-order valence-corrected chi connectivity index (χ4v) is 5.28. The molecule has 0 radical (unpaired) electrons. The lowest BCUT2D eigenvalue weighted by Gasteiger charge is -2.18. The standard InChI is InChI=1S/C24H43N3O2S2/c1-5-8-10-12-13-14-16-20(30-18-15-11-9-6-2)22(28)27-21-23(29-4)25-19-26-24(21)31-17-7-3/h19-20H,5-18H2,1-4H3,(H,27,28). The molecule has 0 aliphatic carbocycles. The molecule has 0 saturated carbocycles. The summed E-state index contributed by atoms with van der Waals surface area (Å²) in [4.78, 5) is 21.8. The smallest absolute Gasteiger partial charge is 0.241 e. The summed E-state index contributed by atoms with van der Waals surface area (Å²) >= 11 is 3.44. The van der Waals surface area contributed by atoms with E-state index in [2.05, 4.69) is 36.1 Å². The van der Waals surface area contributed by atoms with E-state index in [4.69, 9.17) is 4.74 Å². The van der Waals surface area contributed by atoms with Crippen LogP contribution >= 0.6 is 23.5 Å². The van der Waals surface area contributed by atoms with Gasteiger partial charge in [-0.05, 0) is 30.8 Å². The second kappa shape index (κ2) is 18.6. The summed E-state index contributed by atoms with van der Waals surface area (Å²) in [6.07, 6.45) is 15.8. The maximum atomic E-state index is 13.2. The largest absolute Gasteiger partial charge is 0.479 e. The molecule has 0 fully saturated rings. The second-order valence-electron chi connectivity index (χ2n) is 7.88. The zero-order valence-corrected chi connectivity index (χ0v) is 21.7. The van der Waals surface area contributed by atoms with Gasteiger partial charge in [0.1, 0.15) is 17.0 Å². The van der Waals surface area contributed by atoms with Crippen LogP contribution in [0.2, 0.25) is 0 Å². The Kier molecular flexibility index (Phi) is 16.9. The van der Waals surface area contributed by atoms with E-state index in [0.29, 0.717) is 11.6 Å². The molecule has 0 saturated heterocycles. The second-order valence-corrected chi connectivity index (χ2v) is 10.3. The average Bonchev–Trinajstić information content (AvgIpc) is 2.78. The zero-order chi connectivity index (χ0) is 22.7. The molecule has 178 valence electrons. The highest BCUT2D eigenvalue weighted by atomic mass is 32.2. The van der Waals surface area contributed by atoms with Gasteiger partial charge in [0.25, 0.3) is 0 Å². The van der Waals surface area contributed by atoms with Gasteiger partial charge in [-0.15, -0.1) is 23.5 Å². The van der Waals surface area contributed by atoms with E-state index >= 15 is 0 Å². The summed E-state index contributed by atoms with van der Waals surface area (Å²) in [5.41, 5.74) is 0.618. The summed E-state index contributed by atoms with van der Waals surface area (Å²) in [6.45, 7) is 6.60. The van der Waals surface area contributed by atoms with Crippen molar-refractivity contribution in [2.45, 2.75) is 108 Å². The molecule has 7 heteroatoms. The number of ether oxygens (including phenoxy) is 1. The van der Waals surface area contributed by atoms with Crippen LogP contribution in [0.1, 0.15) is 97.8 Å². The lowest BCUT2D eigenvalue weighted by atomic mass is 10.1. The van der Waals surface area contributed by atoms with Gasteiger partial charge in [0.2, 0.25) is 11.8 Å². The van der Waals surface area contributed by atoms with E-state index in [0.717, 1.165) is 35.8 Å². The maximum Gasteiger partial charge on any atom is 0.241 e. The van der Waals surface area contributed by atoms with Crippen molar-refractivity contribution in [1.29, 1.82) is 0 Å². The molecule has 1 unspecified atom stereocenters. The van der Waals surface area contributed by atoms with Crippen molar-refractivity contribution in [2.24, 2.45) is 0 Å². The number of thioether (sulfide) groups is 2. The summed E-state index contributed by atoms with van der Waals surface area (Å²) in [7, 11) is 1.59. The van der Waals surface area contributed by atoms with Gasteiger partial charge in [-0.2, -0.15) is 4.98 Å². The van der Waals surface area contributed by atoms with Gasteiger partial charge >= 0.3 is 0 Å². The minimum absolute atomic E-state index is 0.0401. The van der Waals surface area contributed by atoms with E-state index < -0.39 is 0 Å². The summed E-state index contributed by atoms with van der Waals surface area (Å²) in [5, 5.41) is 3.87. The molecular weight excluding hydrogens is 426 g/mol. The molecule has 0 aromatic carbocycles. The van der Waals surface area contributed by atoms with Gasteiger partial charge in [-0.1, -0.05) is 78.6 Å². The lowest BCUT2D eigenvalue weighted by molar-refractivity contribution is -0.115. The Morgan fingerprint density at radius 3 is 2.29 bits per heavy atom. The molecule has 1 atom stereocenters. The van der Waals surface area contributed by atoms with Crippen molar-refractivity contribution in [3.05, 3.63) is 6.33 Å². The molecule has 31 heavy (non-hydrogen) atoms. The number of hydrogen-bond acceptors (Lipinski definition) is 6. The van der Waals surface area contributed by atoms with E-state index in [9.17, 15) is 4.79 Å². The van der Waals surface area contributed by atoms with Gasteiger partial charge in [-0.25, -0.2) is 4.98 Å². The lowest BCUT2D eigenvalue weighted by Crippen LogP contribution is -2.26. The van der Waals surface area contributed by atoms with Crippen LogP contribution in [-0.4, -0.2) is 39.7 Å². The summed E-state index contributed by atoms with van der Waals surface area (Å²) < 4.78 is 5.42. The summed E-state index contributed by atoms with van der Waals surface area (Å²) in [5.74, 6) is 2.47. The molecule has 1 heterocycles. The number of anilines is 1. The van der Waals surface area contributed by atoms with E-state index in [1.807, 2.05) is 0 Å². The van der Waals surface area contributed by atoms with Crippen molar-refractivity contribution < 1.29 is 9.53 Å². The van der Waals surface area contributed by atoms with E-state index in [1.165, 1.54) is 64.1 Å². The number of amides is 1. The van der Waals surface area contributed by atoms with Crippen molar-refractivity contribution in [2.75, 3.05) is 23.9 Å². The van der Waals surface area contributed by atoms with Gasteiger partial charge in [0.05, 0.1) is 12.4 Å². The predicted octanol–water partition coefficient (Wildman–Crippen LogP) is 7.36. The predicted molar refractivity (Wildman–Crippen MR) is 137 cm³/mol. The van der Waals surface area contributed by atoms with Crippen molar-refractivity contribution in [1.82, 2.24) is 9.97 Å². The number of nitrogens with zero attached hydrogens (tertiary/aromatic N) is 2. The fraction of sp³-hybridized carbons (Fsp3) is 0.792. The number of carbonyl (C=O) groups excluding carboxylic acids is 1. The van der Waals surface area contributed by atoms with Crippen molar-refractivity contribution in [3.8, 4) is 5.88 Å². The average molecular weight is 470 g/mol. The minimum atomic E-state index is -0.0401. The van der Waals surface area contributed by atoms with Crippen LogP contribution in [0.25, 0.3) is 0 Å². The Morgan fingerprint density at radius 1 is 0.935 bits per heavy atom. The normalized spacial score (nSPS) is 12.0. The van der Waals surface area contributed by atoms with Crippen LogP contribution in [0.15, 0.2) is 11.4 Å². The molecule has 1 amide bonds. The van der Waals surface area contributed by atoms with Gasteiger partial charge in [0, 0.05) is 0 Å². The first-order chi connectivity index (χ1) is 15.2. The highest BCUT2D eigenvalue weighted by Gasteiger charge is 2.22. The van der Waals surface area contributed by atoms with Crippen LogP contribution in [0.3, 0.4) is 0 Å². The molecule has 1 aromatic rings. The Morgan fingerprint density at radius 2 is 1.61 bits per heavy atom. The van der Waals surface area contributed by atoms with Crippen molar-refractivity contribution in [3.63, 3.8) is 0 Å². The minimum Gasteiger partial charge on any atom is -0.479 e. The number of carbonyl (C=O) groups is 1. The molecule has 1 N–H and O–H groups in total. The molecule has 1 rings (SSSR count). The van der Waals surface area contributed by atoms with Crippen LogP contribution < -0.4 is 10.1 Å². The molecule has 0 spiro atoms. The Hall–Kier alpha value is -0.950. The molecule has 0 aliphatic heterocycles. The van der Waals surface area contributed by atoms with Crippen molar-refractivity contribution >= 4 is 35.1 Å². The third-order valence-electron chi connectivity index (χ3n) is 5.09. The Bertz CT molecular complexity index is 602. The molecule has 0 bridgehead atoms. The number of rotatable bonds is 19. The van der Waals surface area contributed by atoms with Gasteiger partial charge in [-0.3, -0.25) is 4.79 Å². The number of hydrogen-bond donors (Lipinski definition) is 1. The molecule has 1 aromatic heterocycles. The monoisotopic (exact) mass is 469 g/mol. The SMILES string of the molecule is CCCCCCCCC(SCCCCCC)C(=O)Nc1c(OC)ncnc1SCCC. The zero-order valence-electron chi connectivity index (χ0n) is 20.1. The topological polar surface area (TPSA) is 64.1 Å². The highest BCUT2D eigenvalue weighted by Crippen LogP contribution is 2.33. The Labute approximate surface area is 198 Å². The third kappa shape index (κ3) is 12.0. The first-order valence-corrected chi connectivity index (χ1v) is 14.1. The van der Waals surface area contributed by atoms with E-state index in [-0.39, 0.29) is 11.2 Å². The number of methoxy groups -OCH3 is 1. The third-order valence-corrected chi connectivity index (χ3v) is 7.66. The number of nitrogens with one attached hydrogen (secondary N) is 1. The molecular formula is C24H43N3O2S2. The Balaban J connectivity index is 2.75. The number of unbranched alkanes of at least 4 members (excludes halogenated alkanes) is 8. The maximum absolute atomic E-state index is 13.2. The number of aromatic nitrogens is 2. The van der Waals surface area contributed by atoms with Gasteiger partial charge in [0.15, 0.2) is 0 Å². The molecule has 5 nitrogen and oxygen atoms in total. The summed E-state index contributed by atoms with van der Waals surface area (Å²) in [6, 6.07) is 0. The van der Waals surface area contributed by atoms with Crippen LogP contribution in [0.5, 0.6) is 5.88 Å². The first kappa shape index (κ1) is 28.1. The highest BCUT2D eigenvalue weighted by molar-refractivity contribution is 8.00. The first-order valence-electron chi connectivity index (χ1n) is 12.1. The van der Waals surface area contributed by atoms with E-state index in [1.54, 1.807) is 30.6 Å². The fourth-order valence-electron chi connectivity index (χ4n) is 3.28. The van der Waals surface area contributed by atoms with Crippen LogP contribution in [-0.2, 0) is 4.79 Å². The van der Waals surface area contributed by atoms with Crippen LogP contribution in [0, 0.1) is 0 Å². The van der Waals surface area contributed by atoms with Gasteiger partial charge < -0.3 is 10.1 Å². The quantitative estimate of drug-likeness (QED) is 0.130. The molecule has 0 aliphatic rings. The van der Waals surface area contributed by atoms with Crippen LogP contribution in [0.4, 0.5) is 5.69 Å².